The Morgan fingerprint density at radius 3 is 2.24 bits per heavy atom. The SMILES string of the molecule is C[C@H](O)C(=O)N(c1ccccc1O)C(C(=O)NC1CCCCC1)c1ccccc1. The first-order valence-electron chi connectivity index (χ1n) is 10.1. The van der Waals surface area contributed by atoms with Crippen molar-refractivity contribution in [2.24, 2.45) is 0 Å². The van der Waals surface area contributed by atoms with E-state index in [4.69, 9.17) is 0 Å². The molecule has 1 aliphatic rings. The van der Waals surface area contributed by atoms with Crippen LogP contribution in [-0.4, -0.2) is 34.2 Å². The maximum absolute atomic E-state index is 13.4. The van der Waals surface area contributed by atoms with Crippen LogP contribution in [0.1, 0.15) is 50.6 Å². The predicted octanol–water partition coefficient (Wildman–Crippen LogP) is 3.30. The molecule has 154 valence electrons. The quantitative estimate of drug-likeness (QED) is 0.699. The van der Waals surface area contributed by atoms with Crippen LogP contribution >= 0.6 is 0 Å². The second kappa shape index (κ2) is 9.56. The van der Waals surface area contributed by atoms with E-state index in [1.54, 1.807) is 42.5 Å². The molecule has 6 heteroatoms. The Morgan fingerprint density at radius 1 is 1.00 bits per heavy atom. The van der Waals surface area contributed by atoms with Crippen LogP contribution in [0.2, 0.25) is 0 Å². The Kier molecular flexibility index (Phi) is 6.88. The lowest BCUT2D eigenvalue weighted by Gasteiger charge is -2.34. The molecule has 0 aromatic heterocycles. The summed E-state index contributed by atoms with van der Waals surface area (Å²) < 4.78 is 0. The van der Waals surface area contributed by atoms with Gasteiger partial charge in [-0.25, -0.2) is 0 Å². The van der Waals surface area contributed by atoms with Gasteiger partial charge in [0, 0.05) is 6.04 Å². The van der Waals surface area contributed by atoms with Crippen LogP contribution in [0.5, 0.6) is 5.75 Å². The number of para-hydroxylation sites is 2. The number of aromatic hydroxyl groups is 1. The summed E-state index contributed by atoms with van der Waals surface area (Å²) in [5, 5.41) is 23.5. The number of aliphatic hydroxyl groups excluding tert-OH is 1. The molecule has 1 saturated carbocycles. The average molecular weight is 396 g/mol. The van der Waals surface area contributed by atoms with Crippen LogP contribution in [0, 0.1) is 0 Å². The Labute approximate surface area is 171 Å². The minimum atomic E-state index is -1.33. The van der Waals surface area contributed by atoms with E-state index in [1.165, 1.54) is 24.3 Å². The van der Waals surface area contributed by atoms with Crippen LogP contribution in [0.4, 0.5) is 5.69 Å². The maximum Gasteiger partial charge on any atom is 0.256 e. The molecule has 0 heterocycles. The number of anilines is 1. The number of carbonyl (C=O) groups is 2. The minimum absolute atomic E-state index is 0.0651. The van der Waals surface area contributed by atoms with Crippen LogP contribution < -0.4 is 10.2 Å². The number of phenolic OH excluding ortho intramolecular Hbond substituents is 1. The first kappa shape index (κ1) is 20.9. The van der Waals surface area contributed by atoms with E-state index in [9.17, 15) is 19.8 Å². The highest BCUT2D eigenvalue weighted by Crippen LogP contribution is 2.35. The van der Waals surface area contributed by atoms with Crippen molar-refractivity contribution in [3.05, 3.63) is 60.2 Å². The molecule has 6 nitrogen and oxygen atoms in total. The van der Waals surface area contributed by atoms with Gasteiger partial charge in [0.2, 0.25) is 5.91 Å². The van der Waals surface area contributed by atoms with Crippen molar-refractivity contribution < 1.29 is 19.8 Å². The molecular weight excluding hydrogens is 368 g/mol. The van der Waals surface area contributed by atoms with Gasteiger partial charge in [-0.3, -0.25) is 14.5 Å². The Hall–Kier alpha value is -2.86. The summed E-state index contributed by atoms with van der Waals surface area (Å²) in [6.45, 7) is 1.36. The zero-order valence-electron chi connectivity index (χ0n) is 16.6. The van der Waals surface area contributed by atoms with Gasteiger partial charge in [0.05, 0.1) is 5.69 Å². The van der Waals surface area contributed by atoms with E-state index in [0.29, 0.717) is 5.56 Å². The molecule has 1 aliphatic carbocycles. The molecule has 0 saturated heterocycles. The third kappa shape index (κ3) is 4.95. The van der Waals surface area contributed by atoms with Gasteiger partial charge in [0.1, 0.15) is 17.9 Å². The lowest BCUT2D eigenvalue weighted by atomic mass is 9.94. The molecule has 2 aromatic rings. The lowest BCUT2D eigenvalue weighted by molar-refractivity contribution is -0.130. The second-order valence-electron chi connectivity index (χ2n) is 7.53. The number of aliphatic hydroxyl groups is 1. The molecule has 2 amide bonds. The molecule has 3 rings (SSSR count). The monoisotopic (exact) mass is 396 g/mol. The van der Waals surface area contributed by atoms with E-state index >= 15 is 0 Å². The number of amides is 2. The van der Waals surface area contributed by atoms with Gasteiger partial charge in [0.15, 0.2) is 0 Å². The normalized spacial score (nSPS) is 16.6. The van der Waals surface area contributed by atoms with Crippen molar-refractivity contribution in [1.82, 2.24) is 5.32 Å². The third-order valence-corrected chi connectivity index (χ3v) is 5.31. The van der Waals surface area contributed by atoms with E-state index in [1.807, 2.05) is 6.07 Å². The summed E-state index contributed by atoms with van der Waals surface area (Å²) in [6.07, 6.45) is 3.79. The van der Waals surface area contributed by atoms with Crippen LogP contribution in [0.25, 0.3) is 0 Å². The zero-order chi connectivity index (χ0) is 20.8. The number of benzene rings is 2. The molecule has 0 spiro atoms. The maximum atomic E-state index is 13.4. The van der Waals surface area contributed by atoms with Gasteiger partial charge in [0.25, 0.3) is 5.91 Å². The fourth-order valence-electron chi connectivity index (χ4n) is 3.83. The fourth-order valence-corrected chi connectivity index (χ4v) is 3.83. The topological polar surface area (TPSA) is 89.9 Å². The van der Waals surface area contributed by atoms with E-state index in [2.05, 4.69) is 5.32 Å². The highest BCUT2D eigenvalue weighted by molar-refractivity contribution is 6.04. The number of rotatable bonds is 6. The summed E-state index contributed by atoms with van der Waals surface area (Å²) >= 11 is 0. The average Bonchev–Trinajstić information content (AvgIpc) is 2.73. The van der Waals surface area contributed by atoms with Gasteiger partial charge < -0.3 is 15.5 Å². The smallest absolute Gasteiger partial charge is 0.256 e. The Bertz CT molecular complexity index is 832. The zero-order valence-corrected chi connectivity index (χ0v) is 16.6. The molecule has 1 fully saturated rings. The Morgan fingerprint density at radius 2 is 1.62 bits per heavy atom. The molecule has 0 aliphatic heterocycles. The van der Waals surface area contributed by atoms with E-state index in [-0.39, 0.29) is 23.4 Å². The van der Waals surface area contributed by atoms with Gasteiger partial charge >= 0.3 is 0 Å². The molecule has 3 N–H and O–H groups in total. The highest BCUT2D eigenvalue weighted by atomic mass is 16.3. The molecule has 1 unspecified atom stereocenters. The number of carbonyl (C=O) groups excluding carboxylic acids is 2. The van der Waals surface area contributed by atoms with Crippen LogP contribution in [0.3, 0.4) is 0 Å². The van der Waals surface area contributed by atoms with E-state index < -0.39 is 18.1 Å². The van der Waals surface area contributed by atoms with Crippen LogP contribution in [-0.2, 0) is 9.59 Å². The largest absolute Gasteiger partial charge is 0.506 e. The van der Waals surface area contributed by atoms with Gasteiger partial charge in [-0.15, -0.1) is 0 Å². The number of nitrogens with one attached hydrogen (secondary N) is 1. The summed E-state index contributed by atoms with van der Waals surface area (Å²) in [5.74, 6) is -1.10. The first-order valence-corrected chi connectivity index (χ1v) is 10.1. The predicted molar refractivity (Wildman–Crippen MR) is 111 cm³/mol. The third-order valence-electron chi connectivity index (χ3n) is 5.31. The summed E-state index contributed by atoms with van der Waals surface area (Å²) in [5.41, 5.74) is 0.795. The fraction of sp³-hybridized carbons (Fsp3) is 0.391. The van der Waals surface area contributed by atoms with E-state index in [0.717, 1.165) is 25.7 Å². The molecule has 2 aromatic carbocycles. The van der Waals surface area contributed by atoms with Crippen molar-refractivity contribution in [1.29, 1.82) is 0 Å². The molecule has 0 radical (unpaired) electrons. The summed E-state index contributed by atoms with van der Waals surface area (Å²) in [4.78, 5) is 27.6. The number of hydrogen-bond acceptors (Lipinski definition) is 4. The van der Waals surface area contributed by atoms with Crippen molar-refractivity contribution in [2.75, 3.05) is 4.90 Å². The standard InChI is InChI=1S/C23H28N2O4/c1-16(26)23(29)25(19-14-8-9-15-20(19)27)21(17-10-4-2-5-11-17)22(28)24-18-12-6-3-7-13-18/h2,4-5,8-11,14-16,18,21,26-27H,3,6-7,12-13H2,1H3,(H,24,28)/t16-,21?/m0/s1. The Balaban J connectivity index is 2.04. The van der Waals surface area contributed by atoms with Crippen molar-refractivity contribution in [3.63, 3.8) is 0 Å². The molecular formula is C23H28N2O4. The second-order valence-corrected chi connectivity index (χ2v) is 7.53. The number of hydrogen-bond donors (Lipinski definition) is 3. The summed E-state index contributed by atoms with van der Waals surface area (Å²) in [6, 6.07) is 14.4. The number of nitrogens with zero attached hydrogens (tertiary/aromatic N) is 1. The van der Waals surface area contributed by atoms with Crippen molar-refractivity contribution >= 4 is 17.5 Å². The lowest BCUT2D eigenvalue weighted by Crippen LogP contribution is -2.49. The molecule has 29 heavy (non-hydrogen) atoms. The van der Waals surface area contributed by atoms with Gasteiger partial charge in [-0.1, -0.05) is 61.7 Å². The van der Waals surface area contributed by atoms with Gasteiger partial charge in [-0.2, -0.15) is 0 Å². The first-order chi connectivity index (χ1) is 14.0. The molecule has 0 bridgehead atoms. The molecule has 2 atom stereocenters. The van der Waals surface area contributed by atoms with Crippen molar-refractivity contribution in [2.45, 2.75) is 57.2 Å². The summed E-state index contributed by atoms with van der Waals surface area (Å²) in [7, 11) is 0. The van der Waals surface area contributed by atoms with Crippen molar-refractivity contribution in [3.8, 4) is 5.75 Å². The number of phenols is 1. The highest BCUT2D eigenvalue weighted by Gasteiger charge is 2.36. The van der Waals surface area contributed by atoms with Gasteiger partial charge in [-0.05, 0) is 37.5 Å². The minimum Gasteiger partial charge on any atom is -0.506 e. The van der Waals surface area contributed by atoms with Crippen LogP contribution in [0.15, 0.2) is 54.6 Å².